The summed E-state index contributed by atoms with van der Waals surface area (Å²) in [6, 6.07) is 2.85. The first-order valence-corrected chi connectivity index (χ1v) is 5.90. The van der Waals surface area contributed by atoms with E-state index in [-0.39, 0.29) is 17.8 Å². The molecule has 1 saturated heterocycles. The fourth-order valence-electron chi connectivity index (χ4n) is 2.10. The zero-order chi connectivity index (χ0) is 14.0. The van der Waals surface area contributed by atoms with Crippen LogP contribution >= 0.6 is 0 Å². The van der Waals surface area contributed by atoms with Crippen LogP contribution in [0.15, 0.2) is 18.2 Å². The van der Waals surface area contributed by atoms with E-state index in [4.69, 9.17) is 0 Å². The number of hydrogen-bond acceptors (Lipinski definition) is 4. The van der Waals surface area contributed by atoms with Crippen molar-refractivity contribution in [3.05, 3.63) is 39.7 Å². The topological polar surface area (TPSA) is 83.7 Å². The molecule has 102 valence electrons. The van der Waals surface area contributed by atoms with Crippen molar-refractivity contribution in [2.75, 3.05) is 13.1 Å². The van der Waals surface area contributed by atoms with Crippen molar-refractivity contribution in [2.24, 2.45) is 0 Å². The fraction of sp³-hybridized carbons (Fsp3) is 0.417. The number of halogens is 1. The summed E-state index contributed by atoms with van der Waals surface area (Å²) in [7, 11) is 0. The van der Waals surface area contributed by atoms with Crippen LogP contribution in [0.5, 0.6) is 0 Å². The summed E-state index contributed by atoms with van der Waals surface area (Å²) in [5.41, 5.74) is -0.661. The lowest BCUT2D eigenvalue weighted by atomic mass is 10.1. The molecule has 6 nitrogen and oxygen atoms in total. The highest BCUT2D eigenvalue weighted by molar-refractivity contribution is 5.95. The SMILES string of the molecule is O=C(c1cc([N+](=O)[O-])ccc1F)N1CCCC(O)C1. The molecule has 19 heavy (non-hydrogen) atoms. The van der Waals surface area contributed by atoms with Crippen LogP contribution < -0.4 is 0 Å². The van der Waals surface area contributed by atoms with Gasteiger partial charge in [0, 0.05) is 25.2 Å². The largest absolute Gasteiger partial charge is 0.391 e. The van der Waals surface area contributed by atoms with Gasteiger partial charge in [0.05, 0.1) is 16.6 Å². The second-order valence-corrected chi connectivity index (χ2v) is 4.47. The molecule has 1 heterocycles. The number of aliphatic hydroxyl groups excluding tert-OH is 1. The third-order valence-corrected chi connectivity index (χ3v) is 3.07. The lowest BCUT2D eigenvalue weighted by molar-refractivity contribution is -0.384. The molecule has 1 aromatic carbocycles. The van der Waals surface area contributed by atoms with Gasteiger partial charge >= 0.3 is 0 Å². The number of likely N-dealkylation sites (tertiary alicyclic amines) is 1. The van der Waals surface area contributed by atoms with Crippen molar-refractivity contribution in [1.29, 1.82) is 0 Å². The van der Waals surface area contributed by atoms with E-state index in [1.807, 2.05) is 0 Å². The number of β-amino-alcohol motifs (C(OH)–C–C–N with tert-alkyl or cyclic N) is 1. The Balaban J connectivity index is 2.27. The first-order chi connectivity index (χ1) is 8.99. The van der Waals surface area contributed by atoms with Crippen LogP contribution in [0.4, 0.5) is 10.1 Å². The van der Waals surface area contributed by atoms with Crippen molar-refractivity contribution in [1.82, 2.24) is 4.90 Å². The van der Waals surface area contributed by atoms with Crippen LogP contribution in [0, 0.1) is 15.9 Å². The van der Waals surface area contributed by atoms with Gasteiger partial charge in [0.1, 0.15) is 5.82 Å². The summed E-state index contributed by atoms with van der Waals surface area (Å²) < 4.78 is 13.6. The highest BCUT2D eigenvalue weighted by atomic mass is 19.1. The van der Waals surface area contributed by atoms with Gasteiger partial charge in [-0.2, -0.15) is 0 Å². The number of carbonyl (C=O) groups excluding carboxylic acids is 1. The normalized spacial score (nSPS) is 19.3. The molecule has 0 aromatic heterocycles. The number of aliphatic hydroxyl groups is 1. The summed E-state index contributed by atoms with van der Waals surface area (Å²) >= 11 is 0. The second-order valence-electron chi connectivity index (χ2n) is 4.47. The summed E-state index contributed by atoms with van der Waals surface area (Å²) in [6.45, 7) is 0.541. The third-order valence-electron chi connectivity index (χ3n) is 3.07. The average Bonchev–Trinajstić information content (AvgIpc) is 2.38. The zero-order valence-electron chi connectivity index (χ0n) is 10.1. The van der Waals surface area contributed by atoms with Gasteiger partial charge in [-0.25, -0.2) is 4.39 Å². The number of amides is 1. The quantitative estimate of drug-likeness (QED) is 0.648. The standard InChI is InChI=1S/C12H13FN2O4/c13-11-4-3-8(15(18)19)6-10(11)12(17)14-5-1-2-9(16)7-14/h3-4,6,9,16H,1-2,5,7H2. The van der Waals surface area contributed by atoms with Crippen LogP contribution in [-0.2, 0) is 0 Å². The van der Waals surface area contributed by atoms with Gasteiger partial charge in [-0.15, -0.1) is 0 Å². The van der Waals surface area contributed by atoms with Crippen LogP contribution in [0.2, 0.25) is 0 Å². The molecule has 1 amide bonds. The molecule has 1 aliphatic rings. The summed E-state index contributed by atoms with van der Waals surface area (Å²) in [4.78, 5) is 23.4. The van der Waals surface area contributed by atoms with E-state index in [2.05, 4.69) is 0 Å². The van der Waals surface area contributed by atoms with Gasteiger partial charge in [0.2, 0.25) is 0 Å². The van der Waals surface area contributed by atoms with Gasteiger partial charge < -0.3 is 10.0 Å². The Morgan fingerprint density at radius 3 is 2.89 bits per heavy atom. The zero-order valence-corrected chi connectivity index (χ0v) is 10.1. The number of rotatable bonds is 2. The summed E-state index contributed by atoms with van der Waals surface area (Å²) in [5.74, 6) is -1.42. The molecule has 0 saturated carbocycles. The van der Waals surface area contributed by atoms with E-state index in [0.29, 0.717) is 19.4 Å². The van der Waals surface area contributed by atoms with E-state index in [1.54, 1.807) is 0 Å². The first kappa shape index (κ1) is 13.4. The van der Waals surface area contributed by atoms with Gasteiger partial charge in [-0.1, -0.05) is 0 Å². The van der Waals surface area contributed by atoms with Gasteiger partial charge in [-0.05, 0) is 18.9 Å². The lowest BCUT2D eigenvalue weighted by Crippen LogP contribution is -2.42. The Morgan fingerprint density at radius 2 is 2.26 bits per heavy atom. The van der Waals surface area contributed by atoms with Crippen LogP contribution in [-0.4, -0.2) is 40.0 Å². The molecule has 0 aliphatic carbocycles. The van der Waals surface area contributed by atoms with E-state index in [9.17, 15) is 24.4 Å². The Labute approximate surface area is 108 Å². The van der Waals surface area contributed by atoms with Gasteiger partial charge in [0.25, 0.3) is 11.6 Å². The number of non-ortho nitro benzene ring substituents is 1. The van der Waals surface area contributed by atoms with Crippen molar-refractivity contribution in [2.45, 2.75) is 18.9 Å². The molecule has 0 spiro atoms. The lowest BCUT2D eigenvalue weighted by Gasteiger charge is -2.30. The Bertz CT molecular complexity index is 520. The average molecular weight is 268 g/mol. The maximum Gasteiger partial charge on any atom is 0.270 e. The number of benzene rings is 1. The number of nitro groups is 1. The number of nitrogens with zero attached hydrogens (tertiary/aromatic N) is 2. The number of hydrogen-bond donors (Lipinski definition) is 1. The minimum Gasteiger partial charge on any atom is -0.391 e. The Morgan fingerprint density at radius 1 is 1.53 bits per heavy atom. The van der Waals surface area contributed by atoms with Gasteiger partial charge in [-0.3, -0.25) is 14.9 Å². The maximum absolute atomic E-state index is 13.6. The molecule has 7 heteroatoms. The van der Waals surface area contributed by atoms with Gasteiger partial charge in [0.15, 0.2) is 0 Å². The van der Waals surface area contributed by atoms with Crippen molar-refractivity contribution in [3.8, 4) is 0 Å². The predicted molar refractivity (Wildman–Crippen MR) is 64.2 cm³/mol. The molecule has 1 aliphatic heterocycles. The fourth-order valence-corrected chi connectivity index (χ4v) is 2.10. The monoisotopic (exact) mass is 268 g/mol. The van der Waals surface area contributed by atoms with E-state index in [0.717, 1.165) is 18.2 Å². The molecule has 1 atom stereocenters. The molecule has 1 N–H and O–H groups in total. The number of carbonyl (C=O) groups is 1. The maximum atomic E-state index is 13.6. The molecular weight excluding hydrogens is 255 g/mol. The molecule has 1 aromatic rings. The minimum atomic E-state index is -0.796. The van der Waals surface area contributed by atoms with Crippen LogP contribution in [0.3, 0.4) is 0 Å². The molecule has 2 rings (SSSR count). The third kappa shape index (κ3) is 2.87. The van der Waals surface area contributed by atoms with E-state index >= 15 is 0 Å². The van der Waals surface area contributed by atoms with Crippen molar-refractivity contribution < 1.29 is 19.2 Å². The number of piperidine rings is 1. The second kappa shape index (κ2) is 5.31. The predicted octanol–water partition coefficient (Wildman–Crippen LogP) is 1.33. The molecule has 0 bridgehead atoms. The van der Waals surface area contributed by atoms with Crippen LogP contribution in [0.25, 0.3) is 0 Å². The summed E-state index contributed by atoms with van der Waals surface area (Å²) in [6.07, 6.45) is 0.601. The molecule has 1 unspecified atom stereocenters. The van der Waals surface area contributed by atoms with Crippen LogP contribution in [0.1, 0.15) is 23.2 Å². The molecular formula is C12H13FN2O4. The highest BCUT2D eigenvalue weighted by Gasteiger charge is 2.26. The smallest absolute Gasteiger partial charge is 0.270 e. The molecule has 0 radical (unpaired) electrons. The number of nitro benzene ring substituents is 1. The van der Waals surface area contributed by atoms with Crippen molar-refractivity contribution >= 4 is 11.6 Å². The Hall–Kier alpha value is -2.02. The van der Waals surface area contributed by atoms with E-state index in [1.165, 1.54) is 4.90 Å². The highest BCUT2D eigenvalue weighted by Crippen LogP contribution is 2.20. The van der Waals surface area contributed by atoms with E-state index < -0.39 is 22.8 Å². The summed E-state index contributed by atoms with van der Waals surface area (Å²) in [5, 5.41) is 20.1. The Kier molecular flexibility index (Phi) is 3.75. The minimum absolute atomic E-state index is 0.126. The molecule has 1 fully saturated rings. The first-order valence-electron chi connectivity index (χ1n) is 5.90. The van der Waals surface area contributed by atoms with Crippen molar-refractivity contribution in [3.63, 3.8) is 0 Å².